The fourth-order valence-electron chi connectivity index (χ4n) is 3.85. The zero-order valence-electron chi connectivity index (χ0n) is 17.9. The molecule has 2 aliphatic rings. The topological polar surface area (TPSA) is 135 Å². The second-order valence-corrected chi connectivity index (χ2v) is 7.33. The van der Waals surface area contributed by atoms with Crippen molar-refractivity contribution in [1.82, 2.24) is 21.3 Å². The molecule has 4 amide bonds. The molecule has 0 radical (unpaired) electrons. The molecule has 2 heterocycles. The van der Waals surface area contributed by atoms with Crippen molar-refractivity contribution in [3.8, 4) is 0 Å². The maximum absolute atomic E-state index is 12.5. The van der Waals surface area contributed by atoms with Crippen LogP contribution in [-0.4, -0.2) is 37.2 Å². The summed E-state index contributed by atoms with van der Waals surface area (Å²) in [6.07, 6.45) is 0. The molecule has 0 bridgehead atoms. The normalized spacial score (nSPS) is 25.1. The Morgan fingerprint density at radius 1 is 0.781 bits per heavy atom. The lowest BCUT2D eigenvalue weighted by Crippen LogP contribution is -2.51. The smallest absolute Gasteiger partial charge is 0.319 e. The summed E-state index contributed by atoms with van der Waals surface area (Å²) >= 11 is 0. The summed E-state index contributed by atoms with van der Waals surface area (Å²) in [5.41, 5.74) is 1.75. The lowest BCUT2D eigenvalue weighted by molar-refractivity contribution is -0.148. The molecule has 10 nitrogen and oxygen atoms in total. The number of hydrogen-bond donors (Lipinski definition) is 4. The Morgan fingerprint density at radius 2 is 1.12 bits per heavy atom. The van der Waals surface area contributed by atoms with Crippen LogP contribution in [0.5, 0.6) is 0 Å². The molecule has 3 rings (SSSR count). The summed E-state index contributed by atoms with van der Waals surface area (Å²) in [5, 5.41) is 10.5. The van der Waals surface area contributed by atoms with E-state index >= 15 is 0 Å². The number of urea groups is 2. The van der Waals surface area contributed by atoms with Gasteiger partial charge in [-0.2, -0.15) is 0 Å². The first kappa shape index (κ1) is 22.9. The average Bonchev–Trinajstić information content (AvgIpc) is 2.73. The van der Waals surface area contributed by atoms with Crippen LogP contribution in [0.2, 0.25) is 0 Å². The van der Waals surface area contributed by atoms with Gasteiger partial charge in [-0.05, 0) is 25.0 Å². The van der Waals surface area contributed by atoms with Crippen molar-refractivity contribution < 1.29 is 28.7 Å². The molecular weight excluding hydrogens is 416 g/mol. The zero-order valence-corrected chi connectivity index (χ0v) is 17.9. The number of amides is 4. The highest BCUT2D eigenvalue weighted by Crippen LogP contribution is 2.34. The Bertz CT molecular complexity index is 881. The predicted octanol–water partition coefficient (Wildman–Crippen LogP) is 1.78. The molecule has 10 heteroatoms. The van der Waals surface area contributed by atoms with Gasteiger partial charge >= 0.3 is 24.0 Å². The van der Waals surface area contributed by atoms with E-state index in [-0.39, 0.29) is 24.6 Å². The Hall–Kier alpha value is -3.82. The van der Waals surface area contributed by atoms with Crippen molar-refractivity contribution in [2.75, 3.05) is 13.2 Å². The van der Waals surface area contributed by atoms with Gasteiger partial charge in [0.1, 0.15) is 11.8 Å². The highest BCUT2D eigenvalue weighted by molar-refractivity contribution is 5.86. The lowest BCUT2D eigenvalue weighted by Gasteiger charge is -2.34. The van der Waals surface area contributed by atoms with Gasteiger partial charge in [-0.3, -0.25) is 9.59 Å². The number of benzene rings is 1. The number of hydrogen-bond acceptors (Lipinski definition) is 6. The van der Waals surface area contributed by atoms with Gasteiger partial charge in [0.05, 0.1) is 25.3 Å². The van der Waals surface area contributed by atoms with Crippen molar-refractivity contribution in [2.45, 2.75) is 25.9 Å². The second-order valence-electron chi connectivity index (χ2n) is 7.33. The molecule has 1 aromatic rings. The van der Waals surface area contributed by atoms with Crippen LogP contribution in [0.3, 0.4) is 0 Å². The van der Waals surface area contributed by atoms with E-state index in [1.54, 1.807) is 38.1 Å². The molecule has 4 N–H and O–H groups in total. The first-order valence-electron chi connectivity index (χ1n) is 10.2. The van der Waals surface area contributed by atoms with Crippen molar-refractivity contribution >= 4 is 24.0 Å². The summed E-state index contributed by atoms with van der Waals surface area (Å²) in [4.78, 5) is 48.9. The highest BCUT2D eigenvalue weighted by Gasteiger charge is 2.40. The molecule has 2 fully saturated rings. The van der Waals surface area contributed by atoms with Gasteiger partial charge < -0.3 is 30.7 Å². The minimum absolute atomic E-state index is 0.191. The quantitative estimate of drug-likeness (QED) is 0.496. The Kier molecular flexibility index (Phi) is 6.82. The van der Waals surface area contributed by atoms with Crippen LogP contribution >= 0.6 is 0 Å². The summed E-state index contributed by atoms with van der Waals surface area (Å²) < 4.78 is 10.3. The monoisotopic (exact) mass is 442 g/mol. The molecule has 4 unspecified atom stereocenters. The number of carbonyl (C=O) groups excluding carboxylic acids is 4. The maximum Gasteiger partial charge on any atom is 0.319 e. The largest absolute Gasteiger partial charge is 0.465 e. The fourth-order valence-corrected chi connectivity index (χ4v) is 3.85. The number of nitrogens with one attached hydrogen (secondary N) is 4. The Balaban J connectivity index is 1.90. The number of rotatable bonds is 6. The third kappa shape index (κ3) is 4.58. The fraction of sp³-hybridized carbons (Fsp3) is 0.364. The number of esters is 2. The van der Waals surface area contributed by atoms with E-state index in [0.717, 1.165) is 0 Å². The van der Waals surface area contributed by atoms with Gasteiger partial charge in [-0.1, -0.05) is 37.4 Å². The maximum atomic E-state index is 12.5. The first-order valence-corrected chi connectivity index (χ1v) is 10.2. The molecule has 0 aliphatic carbocycles. The van der Waals surface area contributed by atoms with Crippen LogP contribution in [0.4, 0.5) is 9.59 Å². The summed E-state index contributed by atoms with van der Waals surface area (Å²) in [5.74, 6) is -2.65. The van der Waals surface area contributed by atoms with E-state index < -0.39 is 47.9 Å². The van der Waals surface area contributed by atoms with Gasteiger partial charge in [0, 0.05) is 11.4 Å². The van der Waals surface area contributed by atoms with Gasteiger partial charge in [0.25, 0.3) is 0 Å². The molecular formula is C22H26N4O6. The third-order valence-corrected chi connectivity index (χ3v) is 5.27. The number of carbonyl (C=O) groups is 4. The first-order chi connectivity index (χ1) is 15.3. The van der Waals surface area contributed by atoms with E-state index in [1.165, 1.54) is 0 Å². The van der Waals surface area contributed by atoms with E-state index in [2.05, 4.69) is 34.4 Å². The van der Waals surface area contributed by atoms with Crippen molar-refractivity contribution in [2.24, 2.45) is 11.8 Å². The van der Waals surface area contributed by atoms with E-state index in [9.17, 15) is 19.2 Å². The molecule has 4 atom stereocenters. The predicted molar refractivity (Wildman–Crippen MR) is 114 cm³/mol. The van der Waals surface area contributed by atoms with E-state index in [4.69, 9.17) is 9.47 Å². The van der Waals surface area contributed by atoms with Crippen LogP contribution < -0.4 is 21.3 Å². The summed E-state index contributed by atoms with van der Waals surface area (Å²) in [7, 11) is 0. The molecule has 170 valence electrons. The Morgan fingerprint density at radius 3 is 1.44 bits per heavy atom. The number of ether oxygens (including phenoxy) is 2. The molecule has 0 aromatic heterocycles. The van der Waals surface area contributed by atoms with Crippen LogP contribution in [0, 0.1) is 11.8 Å². The average molecular weight is 442 g/mol. The van der Waals surface area contributed by atoms with Crippen LogP contribution in [0.15, 0.2) is 48.8 Å². The lowest BCUT2D eigenvalue weighted by atomic mass is 9.85. The third-order valence-electron chi connectivity index (χ3n) is 5.27. The molecule has 2 aliphatic heterocycles. The van der Waals surface area contributed by atoms with Crippen LogP contribution in [0.25, 0.3) is 0 Å². The van der Waals surface area contributed by atoms with Crippen molar-refractivity contribution in [1.29, 1.82) is 0 Å². The van der Waals surface area contributed by atoms with Gasteiger partial charge in [-0.25, -0.2) is 9.59 Å². The van der Waals surface area contributed by atoms with Crippen molar-refractivity contribution in [3.63, 3.8) is 0 Å². The second kappa shape index (κ2) is 9.54. The van der Waals surface area contributed by atoms with Crippen molar-refractivity contribution in [3.05, 3.63) is 59.9 Å². The standard InChI is InChI=1S/C22H26N4O6/c1-5-31-19(27)15-11(3)23-21(29)25-17(15)13-7-9-14(10-8-13)18-16(20(28)32-6-2)12(4)24-22(30)26-18/h7-10,15-18H,3-6H2,1-2H3,(H2,23,25,29)(H2,24,26,30). The highest BCUT2D eigenvalue weighted by atomic mass is 16.5. The zero-order chi connectivity index (χ0) is 23.4. The minimum atomic E-state index is -0.816. The van der Waals surface area contributed by atoms with Crippen LogP contribution in [-0.2, 0) is 19.1 Å². The molecule has 0 spiro atoms. The molecule has 2 saturated heterocycles. The van der Waals surface area contributed by atoms with Gasteiger partial charge in [0.15, 0.2) is 0 Å². The SMILES string of the molecule is C=C1NC(=O)NC(c2ccc(C3NC(=O)NC(=C)C3C(=O)OCC)cc2)C1C(=O)OCC. The van der Waals surface area contributed by atoms with Gasteiger partial charge in [-0.15, -0.1) is 0 Å². The van der Waals surface area contributed by atoms with Gasteiger partial charge in [0.2, 0.25) is 0 Å². The van der Waals surface area contributed by atoms with E-state index in [1.807, 2.05) is 0 Å². The summed E-state index contributed by atoms with van der Waals surface area (Å²) in [6.45, 7) is 11.4. The molecule has 0 saturated carbocycles. The summed E-state index contributed by atoms with van der Waals surface area (Å²) in [6, 6.07) is 4.51. The van der Waals surface area contributed by atoms with Crippen LogP contribution in [0.1, 0.15) is 37.1 Å². The Labute approximate surface area is 185 Å². The molecule has 32 heavy (non-hydrogen) atoms. The molecule has 1 aromatic carbocycles. The minimum Gasteiger partial charge on any atom is -0.465 e. The van der Waals surface area contributed by atoms with E-state index in [0.29, 0.717) is 11.1 Å².